The van der Waals surface area contributed by atoms with Crippen LogP contribution in [0.3, 0.4) is 0 Å². The maximum absolute atomic E-state index is 10.6. The van der Waals surface area contributed by atoms with E-state index in [4.69, 9.17) is 10.00 Å². The van der Waals surface area contributed by atoms with Gasteiger partial charge in [0.1, 0.15) is 23.6 Å². The normalized spacial score (nSPS) is 9.80. The van der Waals surface area contributed by atoms with Crippen molar-refractivity contribution in [2.24, 2.45) is 0 Å². The molecule has 0 amide bonds. The molecule has 1 aromatic heterocycles. The van der Waals surface area contributed by atoms with E-state index in [1.165, 1.54) is 0 Å². The molecule has 20 heavy (non-hydrogen) atoms. The van der Waals surface area contributed by atoms with Crippen molar-refractivity contribution in [3.63, 3.8) is 0 Å². The van der Waals surface area contributed by atoms with Gasteiger partial charge in [-0.05, 0) is 6.07 Å². The first-order valence-electron chi connectivity index (χ1n) is 5.57. The molecule has 0 saturated heterocycles. The minimum atomic E-state index is -0.640. The second kappa shape index (κ2) is 5.77. The first kappa shape index (κ1) is 13.5. The molecule has 1 N–H and O–H groups in total. The summed E-state index contributed by atoms with van der Waals surface area (Å²) in [6.45, 7) is -0.231. The molecule has 0 unspecified atom stereocenters. The third-order valence-corrected chi connectivity index (χ3v) is 2.52. The van der Waals surface area contributed by atoms with E-state index in [0.717, 1.165) is 12.3 Å². The fraction of sp³-hybridized carbons (Fsp3) is 0.0769. The average molecular weight is 271 g/mol. The fourth-order valence-electron chi connectivity index (χ4n) is 1.54. The molecule has 0 fully saturated rings. The molecule has 0 aliphatic carbocycles. The fourth-order valence-corrected chi connectivity index (χ4v) is 1.54. The van der Waals surface area contributed by atoms with Gasteiger partial charge in [-0.3, -0.25) is 10.1 Å². The minimum Gasteiger partial charge on any atom is -0.437 e. The number of benzene rings is 1. The summed E-state index contributed by atoms with van der Waals surface area (Å²) in [5, 5.41) is 28.8. The Labute approximate surface area is 113 Å². The van der Waals surface area contributed by atoms with Crippen molar-refractivity contribution in [1.29, 1.82) is 5.26 Å². The summed E-state index contributed by atoms with van der Waals surface area (Å²) in [7, 11) is 0. The Morgan fingerprint density at radius 3 is 2.85 bits per heavy atom. The maximum Gasteiger partial charge on any atom is 0.289 e. The minimum absolute atomic E-state index is 0.0426. The van der Waals surface area contributed by atoms with Gasteiger partial charge in [0.25, 0.3) is 5.69 Å². The molecule has 2 aromatic rings. The number of nitriles is 1. The monoisotopic (exact) mass is 271 g/mol. The first-order chi connectivity index (χ1) is 9.65. The highest BCUT2D eigenvalue weighted by molar-refractivity contribution is 5.47. The van der Waals surface area contributed by atoms with Crippen molar-refractivity contribution < 1.29 is 14.8 Å². The molecular weight excluding hydrogens is 262 g/mol. The van der Waals surface area contributed by atoms with E-state index in [1.807, 2.05) is 0 Å². The molecule has 7 heteroatoms. The third kappa shape index (κ3) is 2.71. The average Bonchev–Trinajstić information content (AvgIpc) is 2.48. The van der Waals surface area contributed by atoms with Crippen LogP contribution in [-0.2, 0) is 6.61 Å². The summed E-state index contributed by atoms with van der Waals surface area (Å²) >= 11 is 0. The van der Waals surface area contributed by atoms with Crippen molar-refractivity contribution in [3.8, 4) is 17.7 Å². The van der Waals surface area contributed by atoms with Crippen LogP contribution in [0, 0.1) is 21.4 Å². The molecule has 7 nitrogen and oxygen atoms in total. The molecule has 0 radical (unpaired) electrons. The zero-order chi connectivity index (χ0) is 14.5. The Morgan fingerprint density at radius 2 is 2.20 bits per heavy atom. The van der Waals surface area contributed by atoms with Crippen LogP contribution >= 0.6 is 0 Å². The van der Waals surface area contributed by atoms with Gasteiger partial charge in [-0.15, -0.1) is 0 Å². The first-order valence-corrected chi connectivity index (χ1v) is 5.57. The van der Waals surface area contributed by atoms with Crippen LogP contribution in [0.1, 0.15) is 11.1 Å². The van der Waals surface area contributed by atoms with Gasteiger partial charge < -0.3 is 9.84 Å². The number of hydrogen-bond acceptors (Lipinski definition) is 6. The van der Waals surface area contributed by atoms with Crippen LogP contribution in [0.5, 0.6) is 11.6 Å². The zero-order valence-corrected chi connectivity index (χ0v) is 10.2. The van der Waals surface area contributed by atoms with E-state index in [2.05, 4.69) is 4.98 Å². The summed E-state index contributed by atoms with van der Waals surface area (Å²) in [5.41, 5.74) is 0.188. The SMILES string of the molecule is N#Cc1cc([N+](=O)[O-])cnc1Oc1ccccc1CO. The highest BCUT2D eigenvalue weighted by atomic mass is 16.6. The molecule has 0 saturated carbocycles. The van der Waals surface area contributed by atoms with E-state index in [9.17, 15) is 15.2 Å². The van der Waals surface area contributed by atoms with E-state index in [1.54, 1.807) is 30.3 Å². The van der Waals surface area contributed by atoms with Crippen molar-refractivity contribution in [2.75, 3.05) is 0 Å². The van der Waals surface area contributed by atoms with Gasteiger partial charge in [0, 0.05) is 11.6 Å². The van der Waals surface area contributed by atoms with Gasteiger partial charge in [0.15, 0.2) is 0 Å². The lowest BCUT2D eigenvalue weighted by Gasteiger charge is -2.09. The standard InChI is InChI=1S/C13H9N3O4/c14-6-10-5-11(16(18)19)7-15-13(10)20-12-4-2-1-3-9(12)8-17/h1-5,7,17H,8H2. The summed E-state index contributed by atoms with van der Waals surface area (Å²) in [5.74, 6) is 0.298. The smallest absolute Gasteiger partial charge is 0.289 e. The van der Waals surface area contributed by atoms with Gasteiger partial charge in [0.05, 0.1) is 11.5 Å². The van der Waals surface area contributed by atoms with Gasteiger partial charge in [-0.1, -0.05) is 18.2 Å². The number of para-hydroxylation sites is 1. The van der Waals surface area contributed by atoms with Crippen molar-refractivity contribution in [2.45, 2.75) is 6.61 Å². The number of nitrogens with zero attached hydrogens (tertiary/aromatic N) is 3. The quantitative estimate of drug-likeness (QED) is 0.673. The van der Waals surface area contributed by atoms with Crippen LogP contribution in [-0.4, -0.2) is 15.0 Å². The molecule has 100 valence electrons. The largest absolute Gasteiger partial charge is 0.437 e. The number of nitro groups is 1. The molecule has 1 heterocycles. The maximum atomic E-state index is 10.6. The Kier molecular flexibility index (Phi) is 3.88. The Hall–Kier alpha value is -2.98. The second-order valence-corrected chi connectivity index (χ2v) is 3.78. The molecule has 0 aliphatic rings. The predicted molar refractivity (Wildman–Crippen MR) is 68.0 cm³/mol. The summed E-state index contributed by atoms with van der Waals surface area (Å²) in [6.07, 6.45) is 1.01. The van der Waals surface area contributed by atoms with Crippen LogP contribution in [0.25, 0.3) is 0 Å². The number of ether oxygens (including phenoxy) is 1. The molecule has 1 aromatic carbocycles. The lowest BCUT2D eigenvalue weighted by atomic mass is 10.2. The number of aliphatic hydroxyl groups excluding tert-OH is 1. The number of aromatic nitrogens is 1. The highest BCUT2D eigenvalue weighted by Crippen LogP contribution is 2.27. The lowest BCUT2D eigenvalue weighted by molar-refractivity contribution is -0.385. The summed E-state index contributed by atoms with van der Waals surface area (Å²) < 4.78 is 5.44. The molecule has 0 atom stereocenters. The highest BCUT2D eigenvalue weighted by Gasteiger charge is 2.14. The molecule has 0 bridgehead atoms. The van der Waals surface area contributed by atoms with Gasteiger partial charge in [0.2, 0.25) is 5.88 Å². The molecule has 0 spiro atoms. The van der Waals surface area contributed by atoms with E-state index >= 15 is 0 Å². The van der Waals surface area contributed by atoms with Crippen molar-refractivity contribution >= 4 is 5.69 Å². The second-order valence-electron chi connectivity index (χ2n) is 3.78. The Balaban J connectivity index is 2.39. The third-order valence-electron chi connectivity index (χ3n) is 2.52. The van der Waals surface area contributed by atoms with Crippen LogP contribution in [0.15, 0.2) is 36.5 Å². The summed E-state index contributed by atoms with van der Waals surface area (Å²) in [4.78, 5) is 13.8. The van der Waals surface area contributed by atoms with E-state index < -0.39 is 4.92 Å². The number of pyridine rings is 1. The van der Waals surface area contributed by atoms with Crippen molar-refractivity contribution in [1.82, 2.24) is 4.98 Å². The summed E-state index contributed by atoms with van der Waals surface area (Å²) in [6, 6.07) is 9.58. The van der Waals surface area contributed by atoms with Gasteiger partial charge >= 0.3 is 0 Å². The van der Waals surface area contributed by atoms with E-state index in [0.29, 0.717) is 11.3 Å². The lowest BCUT2D eigenvalue weighted by Crippen LogP contribution is -1.97. The number of aliphatic hydroxyl groups is 1. The van der Waals surface area contributed by atoms with E-state index in [-0.39, 0.29) is 23.7 Å². The van der Waals surface area contributed by atoms with Gasteiger partial charge in [-0.25, -0.2) is 4.98 Å². The molecule has 0 aliphatic heterocycles. The number of hydrogen-bond donors (Lipinski definition) is 1. The topological polar surface area (TPSA) is 109 Å². The van der Waals surface area contributed by atoms with Crippen LogP contribution in [0.2, 0.25) is 0 Å². The van der Waals surface area contributed by atoms with Gasteiger partial charge in [-0.2, -0.15) is 5.26 Å². The Morgan fingerprint density at radius 1 is 1.45 bits per heavy atom. The molecule has 2 rings (SSSR count). The Bertz CT molecular complexity index is 694. The number of rotatable bonds is 4. The zero-order valence-electron chi connectivity index (χ0n) is 10.2. The van der Waals surface area contributed by atoms with Crippen LogP contribution in [0.4, 0.5) is 5.69 Å². The molecular formula is C13H9N3O4. The predicted octanol–water partition coefficient (Wildman–Crippen LogP) is 2.15. The van der Waals surface area contributed by atoms with Crippen molar-refractivity contribution in [3.05, 3.63) is 57.8 Å². The van der Waals surface area contributed by atoms with Crippen LogP contribution < -0.4 is 4.74 Å².